The van der Waals surface area contributed by atoms with Crippen molar-refractivity contribution in [1.29, 1.82) is 0 Å². The van der Waals surface area contributed by atoms with Crippen molar-refractivity contribution in [2.45, 2.75) is 6.42 Å². The molecule has 0 saturated carbocycles. The van der Waals surface area contributed by atoms with E-state index in [2.05, 4.69) is 10.5 Å². The summed E-state index contributed by atoms with van der Waals surface area (Å²) in [6.45, 7) is 0. The van der Waals surface area contributed by atoms with Crippen molar-refractivity contribution in [1.82, 2.24) is 5.43 Å². The Hall–Kier alpha value is -2.69. The fourth-order valence-electron chi connectivity index (χ4n) is 1.77. The Morgan fingerprint density at radius 3 is 2.67 bits per heavy atom. The standard InChI is InChI=1S/C16H15FN2O2/c1-21-15-5-3-2-4-13(15)11-18-19-16(20)10-12-6-8-14(17)9-7-12/h2-9,11H,10H2,1H3,(H,19,20)/b18-11+. The monoisotopic (exact) mass is 286 g/mol. The van der Waals surface area contributed by atoms with Gasteiger partial charge in [0.25, 0.3) is 0 Å². The quantitative estimate of drug-likeness (QED) is 0.678. The summed E-state index contributed by atoms with van der Waals surface area (Å²) in [5.74, 6) is 0.0788. The normalized spacial score (nSPS) is 10.6. The molecule has 0 aliphatic rings. The van der Waals surface area contributed by atoms with Gasteiger partial charge in [0.15, 0.2) is 0 Å². The van der Waals surface area contributed by atoms with E-state index in [9.17, 15) is 9.18 Å². The predicted octanol–water partition coefficient (Wildman–Crippen LogP) is 2.53. The van der Waals surface area contributed by atoms with E-state index in [1.165, 1.54) is 18.3 Å². The number of carbonyl (C=O) groups excluding carboxylic acids is 1. The minimum atomic E-state index is -0.326. The maximum Gasteiger partial charge on any atom is 0.244 e. The van der Waals surface area contributed by atoms with E-state index in [0.717, 1.165) is 11.1 Å². The average Bonchev–Trinajstić information content (AvgIpc) is 2.50. The SMILES string of the molecule is COc1ccccc1/C=N/NC(=O)Cc1ccc(F)cc1. The van der Waals surface area contributed by atoms with Gasteiger partial charge in [-0.1, -0.05) is 24.3 Å². The number of para-hydroxylation sites is 1. The number of hydrazone groups is 1. The van der Waals surface area contributed by atoms with E-state index in [1.807, 2.05) is 24.3 Å². The number of rotatable bonds is 5. The molecule has 4 nitrogen and oxygen atoms in total. The number of carbonyl (C=O) groups is 1. The molecule has 0 atom stereocenters. The fraction of sp³-hybridized carbons (Fsp3) is 0.125. The van der Waals surface area contributed by atoms with Gasteiger partial charge in [-0.25, -0.2) is 9.82 Å². The molecule has 2 aromatic carbocycles. The van der Waals surface area contributed by atoms with Crippen molar-refractivity contribution in [3.63, 3.8) is 0 Å². The molecule has 0 heterocycles. The molecule has 0 saturated heterocycles. The average molecular weight is 286 g/mol. The van der Waals surface area contributed by atoms with Crippen LogP contribution < -0.4 is 10.2 Å². The molecule has 0 aliphatic heterocycles. The van der Waals surface area contributed by atoms with Gasteiger partial charge in [0.1, 0.15) is 11.6 Å². The van der Waals surface area contributed by atoms with Gasteiger partial charge in [0, 0.05) is 5.56 Å². The van der Waals surface area contributed by atoms with E-state index < -0.39 is 0 Å². The van der Waals surface area contributed by atoms with Gasteiger partial charge in [0.05, 0.1) is 19.7 Å². The summed E-state index contributed by atoms with van der Waals surface area (Å²) in [5.41, 5.74) is 3.92. The summed E-state index contributed by atoms with van der Waals surface area (Å²) in [6, 6.07) is 13.1. The van der Waals surface area contributed by atoms with Crippen molar-refractivity contribution in [2.24, 2.45) is 5.10 Å². The van der Waals surface area contributed by atoms with Crippen LogP contribution in [0.3, 0.4) is 0 Å². The zero-order valence-electron chi connectivity index (χ0n) is 11.5. The van der Waals surface area contributed by atoms with Crippen molar-refractivity contribution in [2.75, 3.05) is 7.11 Å². The molecule has 0 bridgehead atoms. The Kier molecular flexibility index (Phi) is 5.04. The number of halogens is 1. The second kappa shape index (κ2) is 7.19. The number of hydrogen-bond acceptors (Lipinski definition) is 3. The Morgan fingerprint density at radius 2 is 1.95 bits per heavy atom. The number of nitrogens with zero attached hydrogens (tertiary/aromatic N) is 1. The number of ether oxygens (including phenoxy) is 1. The lowest BCUT2D eigenvalue weighted by Crippen LogP contribution is -2.19. The van der Waals surface area contributed by atoms with Gasteiger partial charge in [-0.05, 0) is 29.8 Å². The number of amides is 1. The van der Waals surface area contributed by atoms with Crippen molar-refractivity contribution in [3.05, 3.63) is 65.5 Å². The van der Waals surface area contributed by atoms with Crippen LogP contribution in [-0.4, -0.2) is 19.2 Å². The second-order valence-corrected chi connectivity index (χ2v) is 4.34. The molecular weight excluding hydrogens is 271 g/mol. The summed E-state index contributed by atoms with van der Waals surface area (Å²) in [5, 5.41) is 3.89. The molecular formula is C16H15FN2O2. The molecule has 1 amide bonds. The van der Waals surface area contributed by atoms with Gasteiger partial charge in [-0.3, -0.25) is 4.79 Å². The van der Waals surface area contributed by atoms with E-state index in [1.54, 1.807) is 19.2 Å². The van der Waals surface area contributed by atoms with Gasteiger partial charge in [-0.2, -0.15) is 5.10 Å². The summed E-state index contributed by atoms with van der Waals surface area (Å²) >= 11 is 0. The molecule has 1 N–H and O–H groups in total. The van der Waals surface area contributed by atoms with Gasteiger partial charge >= 0.3 is 0 Å². The van der Waals surface area contributed by atoms with Gasteiger partial charge in [-0.15, -0.1) is 0 Å². The van der Waals surface area contributed by atoms with Crippen LogP contribution in [0.15, 0.2) is 53.6 Å². The summed E-state index contributed by atoms with van der Waals surface area (Å²) < 4.78 is 17.9. The summed E-state index contributed by atoms with van der Waals surface area (Å²) in [7, 11) is 1.57. The molecule has 5 heteroatoms. The Balaban J connectivity index is 1.91. The number of hydrogen-bond donors (Lipinski definition) is 1. The van der Waals surface area contributed by atoms with Crippen LogP contribution in [0.25, 0.3) is 0 Å². The first kappa shape index (κ1) is 14.7. The molecule has 0 unspecified atom stereocenters. The van der Waals surface area contributed by atoms with Crippen LogP contribution in [0.2, 0.25) is 0 Å². The molecule has 0 aromatic heterocycles. The van der Waals surface area contributed by atoms with Crippen LogP contribution in [-0.2, 0) is 11.2 Å². The third kappa shape index (κ3) is 4.42. The first-order chi connectivity index (χ1) is 10.2. The van der Waals surface area contributed by atoms with Crippen LogP contribution in [0.5, 0.6) is 5.75 Å². The molecule has 0 spiro atoms. The van der Waals surface area contributed by atoms with Crippen molar-refractivity contribution in [3.8, 4) is 5.75 Å². The molecule has 0 radical (unpaired) electrons. The highest BCUT2D eigenvalue weighted by Crippen LogP contribution is 2.14. The molecule has 2 rings (SSSR count). The maximum atomic E-state index is 12.7. The zero-order valence-corrected chi connectivity index (χ0v) is 11.5. The lowest BCUT2D eigenvalue weighted by Gasteiger charge is -2.03. The van der Waals surface area contributed by atoms with Crippen molar-refractivity contribution < 1.29 is 13.9 Å². The van der Waals surface area contributed by atoms with Gasteiger partial charge in [0.2, 0.25) is 5.91 Å². The Morgan fingerprint density at radius 1 is 1.24 bits per heavy atom. The largest absolute Gasteiger partial charge is 0.496 e. The van der Waals surface area contributed by atoms with Crippen LogP contribution in [0.1, 0.15) is 11.1 Å². The first-order valence-corrected chi connectivity index (χ1v) is 6.38. The van der Waals surface area contributed by atoms with Gasteiger partial charge < -0.3 is 4.74 Å². The van der Waals surface area contributed by atoms with Crippen LogP contribution >= 0.6 is 0 Å². The van der Waals surface area contributed by atoms with E-state index in [4.69, 9.17) is 4.74 Å². The predicted molar refractivity (Wildman–Crippen MR) is 78.8 cm³/mol. The summed E-state index contributed by atoms with van der Waals surface area (Å²) in [4.78, 5) is 11.7. The molecule has 21 heavy (non-hydrogen) atoms. The molecule has 0 fully saturated rings. The third-order valence-electron chi connectivity index (χ3n) is 2.81. The molecule has 0 aliphatic carbocycles. The number of nitrogens with one attached hydrogen (secondary N) is 1. The minimum absolute atomic E-state index is 0.142. The Labute approximate surface area is 122 Å². The first-order valence-electron chi connectivity index (χ1n) is 6.38. The highest BCUT2D eigenvalue weighted by atomic mass is 19.1. The maximum absolute atomic E-state index is 12.7. The number of benzene rings is 2. The van der Waals surface area contributed by atoms with E-state index >= 15 is 0 Å². The van der Waals surface area contributed by atoms with Crippen molar-refractivity contribution >= 4 is 12.1 Å². The van der Waals surface area contributed by atoms with Crippen LogP contribution in [0.4, 0.5) is 4.39 Å². The van der Waals surface area contributed by atoms with E-state index in [-0.39, 0.29) is 18.1 Å². The van der Waals surface area contributed by atoms with Crippen LogP contribution in [0, 0.1) is 5.82 Å². The third-order valence-corrected chi connectivity index (χ3v) is 2.81. The lowest BCUT2D eigenvalue weighted by molar-refractivity contribution is -0.120. The number of methoxy groups -OCH3 is 1. The topological polar surface area (TPSA) is 50.7 Å². The molecule has 2 aromatic rings. The second-order valence-electron chi connectivity index (χ2n) is 4.34. The zero-order chi connectivity index (χ0) is 15.1. The fourth-order valence-corrected chi connectivity index (χ4v) is 1.77. The highest BCUT2D eigenvalue weighted by Gasteiger charge is 2.02. The lowest BCUT2D eigenvalue weighted by atomic mass is 10.1. The smallest absolute Gasteiger partial charge is 0.244 e. The van der Waals surface area contributed by atoms with E-state index in [0.29, 0.717) is 5.75 Å². The highest BCUT2D eigenvalue weighted by molar-refractivity contribution is 5.85. The Bertz CT molecular complexity index is 639. The molecule has 108 valence electrons. The summed E-state index contributed by atoms with van der Waals surface area (Å²) in [6.07, 6.45) is 1.66. The minimum Gasteiger partial charge on any atom is -0.496 e.